The van der Waals surface area contributed by atoms with Gasteiger partial charge in [-0.3, -0.25) is 4.79 Å². The summed E-state index contributed by atoms with van der Waals surface area (Å²) in [5, 5.41) is 0. The molecule has 0 aliphatic carbocycles. The zero-order chi connectivity index (χ0) is 12.4. The van der Waals surface area contributed by atoms with Crippen molar-refractivity contribution in [1.29, 1.82) is 0 Å². The number of hydrogen-bond donors (Lipinski definition) is 0. The Labute approximate surface area is 99.2 Å². The molecule has 1 atom stereocenters. The first kappa shape index (κ1) is 12.0. The van der Waals surface area contributed by atoms with Crippen LogP contribution in [0.4, 0.5) is 8.78 Å². The predicted molar refractivity (Wildman–Crippen MR) is 60.7 cm³/mol. The number of amides is 1. The van der Waals surface area contributed by atoms with E-state index in [-0.39, 0.29) is 11.5 Å². The smallest absolute Gasteiger partial charge is 0.254 e. The van der Waals surface area contributed by atoms with Crippen LogP contribution in [0.5, 0.6) is 0 Å². The number of nitrogens with zero attached hydrogens (tertiary/aromatic N) is 1. The maximum atomic E-state index is 13.0. The van der Waals surface area contributed by atoms with E-state index in [0.717, 1.165) is 31.0 Å². The molecule has 1 fully saturated rings. The molecule has 1 heterocycles. The van der Waals surface area contributed by atoms with Crippen molar-refractivity contribution in [3.05, 3.63) is 35.4 Å². The topological polar surface area (TPSA) is 20.3 Å². The van der Waals surface area contributed by atoms with E-state index < -0.39 is 11.6 Å². The van der Waals surface area contributed by atoms with Gasteiger partial charge in [0.05, 0.1) is 0 Å². The molecule has 92 valence electrons. The molecular weight excluding hydrogens is 224 g/mol. The second-order valence-electron chi connectivity index (χ2n) is 4.66. The van der Waals surface area contributed by atoms with Gasteiger partial charge < -0.3 is 4.90 Å². The highest BCUT2D eigenvalue weighted by atomic mass is 19.1. The Kier molecular flexibility index (Phi) is 3.41. The molecule has 4 heteroatoms. The number of likely N-dealkylation sites (tertiary alicyclic amines) is 1. The Hall–Kier alpha value is -1.45. The predicted octanol–water partition coefficient (Wildman–Crippen LogP) is 2.84. The molecule has 1 aliphatic rings. The number of benzene rings is 1. The highest BCUT2D eigenvalue weighted by Gasteiger charge is 2.22. The summed E-state index contributed by atoms with van der Waals surface area (Å²) < 4.78 is 26.0. The Morgan fingerprint density at radius 2 is 1.94 bits per heavy atom. The molecule has 0 saturated carbocycles. The Balaban J connectivity index is 2.18. The van der Waals surface area contributed by atoms with Crippen LogP contribution in [0.3, 0.4) is 0 Å². The minimum atomic E-state index is -0.710. The zero-order valence-electron chi connectivity index (χ0n) is 9.75. The van der Waals surface area contributed by atoms with Gasteiger partial charge in [0.1, 0.15) is 11.6 Å². The summed E-state index contributed by atoms with van der Waals surface area (Å²) in [6, 6.07) is 2.95. The third-order valence-corrected chi connectivity index (χ3v) is 3.05. The molecule has 1 aliphatic heterocycles. The largest absolute Gasteiger partial charge is 0.338 e. The first-order chi connectivity index (χ1) is 8.06. The van der Waals surface area contributed by atoms with E-state index in [0.29, 0.717) is 19.0 Å². The van der Waals surface area contributed by atoms with Crippen LogP contribution in [0, 0.1) is 17.6 Å². The second kappa shape index (κ2) is 4.82. The molecular formula is C13H15F2NO. The van der Waals surface area contributed by atoms with Crippen molar-refractivity contribution in [2.75, 3.05) is 13.1 Å². The average Bonchev–Trinajstić information content (AvgIpc) is 2.26. The van der Waals surface area contributed by atoms with Gasteiger partial charge in [-0.1, -0.05) is 6.92 Å². The SMILES string of the molecule is CC1CCCN(C(=O)c2cc(F)cc(F)c2)C1. The van der Waals surface area contributed by atoms with Crippen molar-refractivity contribution in [2.45, 2.75) is 19.8 Å². The minimum Gasteiger partial charge on any atom is -0.338 e. The van der Waals surface area contributed by atoms with Crippen molar-refractivity contribution < 1.29 is 13.6 Å². The summed E-state index contributed by atoms with van der Waals surface area (Å²) in [5.41, 5.74) is 0.0941. The summed E-state index contributed by atoms with van der Waals surface area (Å²) in [6.07, 6.45) is 2.05. The molecule has 1 aromatic rings. The normalized spacial score (nSPS) is 20.4. The lowest BCUT2D eigenvalue weighted by Gasteiger charge is -2.31. The van der Waals surface area contributed by atoms with Gasteiger partial charge >= 0.3 is 0 Å². The molecule has 17 heavy (non-hydrogen) atoms. The summed E-state index contributed by atoms with van der Waals surface area (Å²) in [4.78, 5) is 13.7. The van der Waals surface area contributed by atoms with Crippen LogP contribution in [0.25, 0.3) is 0 Å². The Morgan fingerprint density at radius 1 is 1.29 bits per heavy atom. The van der Waals surface area contributed by atoms with Crippen LogP contribution in [0.2, 0.25) is 0 Å². The monoisotopic (exact) mass is 239 g/mol. The number of carbonyl (C=O) groups is 1. The molecule has 2 nitrogen and oxygen atoms in total. The van der Waals surface area contributed by atoms with Crippen LogP contribution in [0.1, 0.15) is 30.1 Å². The molecule has 0 bridgehead atoms. The fourth-order valence-corrected chi connectivity index (χ4v) is 2.23. The maximum absolute atomic E-state index is 13.0. The van der Waals surface area contributed by atoms with Gasteiger partial charge in [0.15, 0.2) is 0 Å². The molecule has 2 rings (SSSR count). The summed E-state index contributed by atoms with van der Waals surface area (Å²) >= 11 is 0. The molecule has 1 aromatic carbocycles. The highest BCUT2D eigenvalue weighted by Crippen LogP contribution is 2.18. The van der Waals surface area contributed by atoms with Gasteiger partial charge in [-0.15, -0.1) is 0 Å². The average molecular weight is 239 g/mol. The number of carbonyl (C=O) groups excluding carboxylic acids is 1. The number of piperidine rings is 1. The van der Waals surface area contributed by atoms with Gasteiger partial charge in [0.2, 0.25) is 0 Å². The Morgan fingerprint density at radius 3 is 2.53 bits per heavy atom. The van der Waals surface area contributed by atoms with E-state index >= 15 is 0 Å². The third kappa shape index (κ3) is 2.81. The second-order valence-corrected chi connectivity index (χ2v) is 4.66. The summed E-state index contributed by atoms with van der Waals surface area (Å²) in [7, 11) is 0. The molecule has 0 spiro atoms. The highest BCUT2D eigenvalue weighted by molar-refractivity contribution is 5.94. The first-order valence-electron chi connectivity index (χ1n) is 5.81. The van der Waals surface area contributed by atoms with Crippen molar-refractivity contribution >= 4 is 5.91 Å². The van der Waals surface area contributed by atoms with E-state index in [4.69, 9.17) is 0 Å². The van der Waals surface area contributed by atoms with Crippen molar-refractivity contribution in [3.8, 4) is 0 Å². The van der Waals surface area contributed by atoms with Crippen molar-refractivity contribution in [2.24, 2.45) is 5.92 Å². The van der Waals surface area contributed by atoms with Gasteiger partial charge in [-0.05, 0) is 30.9 Å². The lowest BCUT2D eigenvalue weighted by molar-refractivity contribution is 0.0682. The van der Waals surface area contributed by atoms with E-state index in [1.54, 1.807) is 4.90 Å². The van der Waals surface area contributed by atoms with Crippen molar-refractivity contribution in [1.82, 2.24) is 4.90 Å². The lowest BCUT2D eigenvalue weighted by atomic mass is 9.99. The molecule has 1 unspecified atom stereocenters. The van der Waals surface area contributed by atoms with Crippen LogP contribution >= 0.6 is 0 Å². The lowest BCUT2D eigenvalue weighted by Crippen LogP contribution is -2.39. The van der Waals surface area contributed by atoms with E-state index in [1.807, 2.05) is 0 Å². The molecule has 0 N–H and O–H groups in total. The Bertz CT molecular complexity index is 413. The number of halogens is 2. The van der Waals surface area contributed by atoms with Crippen LogP contribution < -0.4 is 0 Å². The first-order valence-corrected chi connectivity index (χ1v) is 5.81. The van der Waals surface area contributed by atoms with E-state index in [2.05, 4.69) is 6.92 Å². The molecule has 1 saturated heterocycles. The van der Waals surface area contributed by atoms with Gasteiger partial charge in [-0.25, -0.2) is 8.78 Å². The van der Waals surface area contributed by atoms with Crippen LogP contribution in [0.15, 0.2) is 18.2 Å². The third-order valence-electron chi connectivity index (χ3n) is 3.05. The van der Waals surface area contributed by atoms with Crippen molar-refractivity contribution in [3.63, 3.8) is 0 Å². The quantitative estimate of drug-likeness (QED) is 0.738. The van der Waals surface area contributed by atoms with E-state index in [9.17, 15) is 13.6 Å². The zero-order valence-corrected chi connectivity index (χ0v) is 9.75. The summed E-state index contributed by atoms with van der Waals surface area (Å²) in [6.45, 7) is 3.41. The summed E-state index contributed by atoms with van der Waals surface area (Å²) in [5.74, 6) is -1.25. The fraction of sp³-hybridized carbons (Fsp3) is 0.462. The van der Waals surface area contributed by atoms with Gasteiger partial charge in [0, 0.05) is 24.7 Å². The van der Waals surface area contributed by atoms with E-state index in [1.165, 1.54) is 0 Å². The standard InChI is InChI=1S/C13H15F2NO/c1-9-3-2-4-16(8-9)13(17)10-5-11(14)7-12(15)6-10/h5-7,9H,2-4,8H2,1H3. The van der Waals surface area contributed by atoms with Gasteiger partial charge in [-0.2, -0.15) is 0 Å². The van der Waals surface area contributed by atoms with Gasteiger partial charge in [0.25, 0.3) is 5.91 Å². The maximum Gasteiger partial charge on any atom is 0.254 e. The van der Waals surface area contributed by atoms with Crippen LogP contribution in [-0.4, -0.2) is 23.9 Å². The fourth-order valence-electron chi connectivity index (χ4n) is 2.23. The molecule has 0 radical (unpaired) electrons. The van der Waals surface area contributed by atoms with Crippen LogP contribution in [-0.2, 0) is 0 Å². The number of hydrogen-bond acceptors (Lipinski definition) is 1. The molecule has 1 amide bonds. The minimum absolute atomic E-state index is 0.0941. The molecule has 0 aromatic heterocycles. The number of rotatable bonds is 1.